The Morgan fingerprint density at radius 3 is 2.68 bits per heavy atom. The molecule has 2 rings (SSSR count). The number of oxime groups is 1. The number of hydrogen-bond acceptors (Lipinski definition) is 6. The zero-order valence-electron chi connectivity index (χ0n) is 10.8. The molecule has 1 aromatic heterocycles. The van der Waals surface area contributed by atoms with Gasteiger partial charge in [0.15, 0.2) is 0 Å². The first-order valence-corrected chi connectivity index (χ1v) is 5.71. The van der Waals surface area contributed by atoms with E-state index >= 15 is 0 Å². The molecular weight excluding hydrogens is 242 g/mol. The van der Waals surface area contributed by atoms with Gasteiger partial charge in [0.1, 0.15) is 25.1 Å². The van der Waals surface area contributed by atoms with E-state index in [0.29, 0.717) is 17.2 Å². The summed E-state index contributed by atoms with van der Waals surface area (Å²) in [6.45, 7) is 2.03. The molecule has 0 saturated heterocycles. The van der Waals surface area contributed by atoms with Crippen LogP contribution in [-0.4, -0.2) is 23.3 Å². The number of aryl methyl sites for hydroxylation is 1. The number of nitrogens with one attached hydrogen (secondary N) is 1. The van der Waals surface area contributed by atoms with Crippen molar-refractivity contribution >= 4 is 23.5 Å². The fraction of sp³-hybridized carbons (Fsp3) is 0.154. The second-order valence-electron chi connectivity index (χ2n) is 3.93. The Morgan fingerprint density at radius 1 is 1.26 bits per heavy atom. The number of benzene rings is 1. The van der Waals surface area contributed by atoms with Gasteiger partial charge in [-0.2, -0.15) is 0 Å². The van der Waals surface area contributed by atoms with Gasteiger partial charge in [-0.3, -0.25) is 0 Å². The minimum atomic E-state index is 0.338. The molecule has 0 saturated carbocycles. The second-order valence-corrected chi connectivity index (χ2v) is 3.93. The van der Waals surface area contributed by atoms with E-state index in [-0.39, 0.29) is 0 Å². The Labute approximate surface area is 111 Å². The molecule has 0 radical (unpaired) electrons. The van der Waals surface area contributed by atoms with E-state index in [9.17, 15) is 0 Å². The predicted octanol–water partition coefficient (Wildman–Crippen LogP) is 2.09. The minimum Gasteiger partial charge on any atom is -0.399 e. The number of nitrogen functional groups attached to an aromatic ring is 1. The zero-order chi connectivity index (χ0) is 13.7. The average molecular weight is 257 g/mol. The Bertz CT molecular complexity index is 580. The average Bonchev–Trinajstić information content (AvgIpc) is 2.41. The summed E-state index contributed by atoms with van der Waals surface area (Å²) in [4.78, 5) is 12.7. The lowest BCUT2D eigenvalue weighted by molar-refractivity contribution is 0.215. The first-order valence-electron chi connectivity index (χ1n) is 5.71. The molecule has 0 unspecified atom stereocenters. The largest absolute Gasteiger partial charge is 0.399 e. The van der Waals surface area contributed by atoms with E-state index in [0.717, 1.165) is 5.69 Å². The molecule has 0 aliphatic carbocycles. The molecule has 1 aromatic carbocycles. The highest BCUT2D eigenvalue weighted by Gasteiger charge is 2.07. The van der Waals surface area contributed by atoms with Gasteiger partial charge in [-0.15, -0.1) is 0 Å². The standard InChI is InChI=1S/C13H15N5O/c1-9-3-5-10(6-4-9)18-13-11(7-17-19-2)12(14)15-8-16-13/h3-8H,1-2H3,(H3,14,15,16,18)/b17-7+. The maximum Gasteiger partial charge on any atom is 0.144 e. The topological polar surface area (TPSA) is 85.4 Å². The summed E-state index contributed by atoms with van der Waals surface area (Å²) < 4.78 is 0. The van der Waals surface area contributed by atoms with Gasteiger partial charge in [0, 0.05) is 5.69 Å². The summed E-state index contributed by atoms with van der Waals surface area (Å²) in [6.07, 6.45) is 2.88. The maximum atomic E-state index is 5.80. The van der Waals surface area contributed by atoms with E-state index in [1.165, 1.54) is 25.2 Å². The van der Waals surface area contributed by atoms with Crippen molar-refractivity contribution in [2.24, 2.45) is 5.16 Å². The van der Waals surface area contributed by atoms with Crippen molar-refractivity contribution in [1.29, 1.82) is 0 Å². The maximum absolute atomic E-state index is 5.80. The molecular formula is C13H15N5O. The number of nitrogens with two attached hydrogens (primary N) is 1. The summed E-state index contributed by atoms with van der Waals surface area (Å²) in [5.74, 6) is 0.919. The van der Waals surface area contributed by atoms with Crippen LogP contribution in [0.2, 0.25) is 0 Å². The molecule has 0 fully saturated rings. The SMILES string of the molecule is CO/N=C/c1c(N)ncnc1Nc1ccc(C)cc1. The summed E-state index contributed by atoms with van der Waals surface area (Å²) >= 11 is 0. The molecule has 0 spiro atoms. The number of nitrogens with zero attached hydrogens (tertiary/aromatic N) is 3. The van der Waals surface area contributed by atoms with Crippen LogP contribution in [0.15, 0.2) is 35.7 Å². The van der Waals surface area contributed by atoms with E-state index in [1.54, 1.807) is 0 Å². The highest BCUT2D eigenvalue weighted by Crippen LogP contribution is 2.20. The van der Waals surface area contributed by atoms with Gasteiger partial charge in [0.05, 0.1) is 11.8 Å². The van der Waals surface area contributed by atoms with E-state index in [1.807, 2.05) is 31.2 Å². The molecule has 6 heteroatoms. The van der Waals surface area contributed by atoms with Crippen LogP contribution in [0.1, 0.15) is 11.1 Å². The fourth-order valence-corrected chi connectivity index (χ4v) is 1.52. The smallest absolute Gasteiger partial charge is 0.144 e. The van der Waals surface area contributed by atoms with Crippen molar-refractivity contribution in [2.75, 3.05) is 18.2 Å². The highest BCUT2D eigenvalue weighted by atomic mass is 16.6. The number of rotatable bonds is 4. The summed E-state index contributed by atoms with van der Waals surface area (Å²) in [6, 6.07) is 7.95. The normalized spacial score (nSPS) is 10.6. The van der Waals surface area contributed by atoms with Gasteiger partial charge in [-0.05, 0) is 19.1 Å². The van der Waals surface area contributed by atoms with Crippen LogP contribution in [0.25, 0.3) is 0 Å². The van der Waals surface area contributed by atoms with Crippen molar-refractivity contribution in [2.45, 2.75) is 6.92 Å². The molecule has 1 heterocycles. The van der Waals surface area contributed by atoms with Crippen molar-refractivity contribution in [3.05, 3.63) is 41.7 Å². The van der Waals surface area contributed by atoms with Crippen molar-refractivity contribution in [3.8, 4) is 0 Å². The Kier molecular flexibility index (Phi) is 3.92. The predicted molar refractivity (Wildman–Crippen MR) is 75.5 cm³/mol. The van der Waals surface area contributed by atoms with Crippen LogP contribution in [0, 0.1) is 6.92 Å². The lowest BCUT2D eigenvalue weighted by Crippen LogP contribution is -2.04. The van der Waals surface area contributed by atoms with E-state index in [2.05, 4.69) is 25.3 Å². The van der Waals surface area contributed by atoms with Crippen LogP contribution in [0.5, 0.6) is 0 Å². The Balaban J connectivity index is 2.31. The lowest BCUT2D eigenvalue weighted by atomic mass is 10.2. The van der Waals surface area contributed by atoms with Crippen LogP contribution in [0.4, 0.5) is 17.3 Å². The Hall–Kier alpha value is -2.63. The van der Waals surface area contributed by atoms with Gasteiger partial charge >= 0.3 is 0 Å². The van der Waals surface area contributed by atoms with Crippen molar-refractivity contribution in [3.63, 3.8) is 0 Å². The number of hydrogen-bond donors (Lipinski definition) is 2. The molecule has 0 bridgehead atoms. The van der Waals surface area contributed by atoms with Crippen molar-refractivity contribution in [1.82, 2.24) is 9.97 Å². The Morgan fingerprint density at radius 2 is 2.00 bits per heavy atom. The van der Waals surface area contributed by atoms with Gasteiger partial charge in [0.2, 0.25) is 0 Å². The fourth-order valence-electron chi connectivity index (χ4n) is 1.52. The first kappa shape index (κ1) is 12.8. The van der Waals surface area contributed by atoms with Gasteiger partial charge < -0.3 is 15.9 Å². The van der Waals surface area contributed by atoms with Crippen LogP contribution >= 0.6 is 0 Å². The first-order chi connectivity index (χ1) is 9.20. The quantitative estimate of drug-likeness (QED) is 0.647. The second kappa shape index (κ2) is 5.81. The monoisotopic (exact) mass is 257 g/mol. The molecule has 0 aliphatic rings. The molecule has 3 N–H and O–H groups in total. The minimum absolute atomic E-state index is 0.338. The molecule has 98 valence electrons. The molecule has 0 amide bonds. The van der Waals surface area contributed by atoms with Crippen LogP contribution in [0.3, 0.4) is 0 Å². The third-order valence-corrected chi connectivity index (χ3v) is 2.52. The van der Waals surface area contributed by atoms with Gasteiger partial charge in [0.25, 0.3) is 0 Å². The van der Waals surface area contributed by atoms with Crippen LogP contribution < -0.4 is 11.1 Å². The number of aromatic nitrogens is 2. The highest BCUT2D eigenvalue weighted by molar-refractivity contribution is 5.92. The van der Waals surface area contributed by atoms with E-state index < -0.39 is 0 Å². The summed E-state index contributed by atoms with van der Waals surface area (Å²) in [7, 11) is 1.46. The molecule has 2 aromatic rings. The van der Waals surface area contributed by atoms with Crippen molar-refractivity contribution < 1.29 is 4.84 Å². The molecule has 0 aliphatic heterocycles. The molecule has 6 nitrogen and oxygen atoms in total. The summed E-state index contributed by atoms with van der Waals surface area (Å²) in [5, 5.41) is 6.87. The lowest BCUT2D eigenvalue weighted by Gasteiger charge is -2.09. The van der Waals surface area contributed by atoms with E-state index in [4.69, 9.17) is 5.73 Å². The van der Waals surface area contributed by atoms with Gasteiger partial charge in [-0.25, -0.2) is 9.97 Å². The molecule has 0 atom stereocenters. The van der Waals surface area contributed by atoms with Gasteiger partial charge in [-0.1, -0.05) is 22.9 Å². The third-order valence-electron chi connectivity index (χ3n) is 2.52. The number of anilines is 3. The molecule has 19 heavy (non-hydrogen) atoms. The third kappa shape index (κ3) is 3.19. The van der Waals surface area contributed by atoms with Crippen LogP contribution in [-0.2, 0) is 4.84 Å². The summed E-state index contributed by atoms with van der Waals surface area (Å²) in [5.41, 5.74) is 8.49. The zero-order valence-corrected chi connectivity index (χ0v) is 10.8.